The fourth-order valence-corrected chi connectivity index (χ4v) is 2.84. The Morgan fingerprint density at radius 2 is 2.00 bits per heavy atom. The van der Waals surface area contributed by atoms with Crippen LogP contribution >= 0.6 is 24.0 Å². The molecule has 0 atom stereocenters. The molecule has 4 rings (SSSR count). The summed E-state index contributed by atoms with van der Waals surface area (Å²) in [6.45, 7) is 4.27. The smallest absolute Gasteiger partial charge is 0.231 e. The van der Waals surface area contributed by atoms with Crippen molar-refractivity contribution in [2.75, 3.05) is 13.3 Å². The van der Waals surface area contributed by atoms with Crippen molar-refractivity contribution in [2.24, 2.45) is 4.99 Å². The van der Waals surface area contributed by atoms with Crippen LogP contribution in [0.2, 0.25) is 0 Å². The Morgan fingerprint density at radius 1 is 1.10 bits per heavy atom. The lowest BCUT2D eigenvalue weighted by atomic mass is 10.2. The molecule has 0 unspecified atom stereocenters. The van der Waals surface area contributed by atoms with Crippen LogP contribution in [0.5, 0.6) is 11.5 Å². The normalized spacial score (nSPS) is 12.4. The molecular weight excluding hydrogens is 483 g/mol. The van der Waals surface area contributed by atoms with Gasteiger partial charge in [-0.05, 0) is 48.4 Å². The molecule has 0 aliphatic carbocycles. The maximum atomic E-state index is 5.43. The van der Waals surface area contributed by atoms with Gasteiger partial charge in [-0.3, -0.25) is 0 Å². The maximum absolute atomic E-state index is 5.43. The number of nitrogens with one attached hydrogen (secondary N) is 2. The number of hydrogen-bond donors (Lipinski definition) is 2. The van der Waals surface area contributed by atoms with E-state index in [9.17, 15) is 0 Å². The summed E-state index contributed by atoms with van der Waals surface area (Å²) in [5, 5.41) is 10.8. The van der Waals surface area contributed by atoms with Gasteiger partial charge in [0.05, 0.1) is 6.54 Å². The van der Waals surface area contributed by atoms with Crippen molar-refractivity contribution >= 4 is 29.9 Å². The van der Waals surface area contributed by atoms with E-state index < -0.39 is 0 Å². The summed E-state index contributed by atoms with van der Waals surface area (Å²) < 4.78 is 12.5. The van der Waals surface area contributed by atoms with E-state index in [0.717, 1.165) is 40.9 Å². The van der Waals surface area contributed by atoms with Crippen LogP contribution in [-0.2, 0) is 13.1 Å². The first-order valence-corrected chi connectivity index (χ1v) is 9.17. The van der Waals surface area contributed by atoms with E-state index >= 15 is 0 Å². The molecule has 1 aromatic carbocycles. The molecular formula is C20H23IN6O2. The highest BCUT2D eigenvalue weighted by atomic mass is 127. The molecule has 0 saturated carbocycles. The molecule has 0 amide bonds. The molecule has 2 aromatic heterocycles. The van der Waals surface area contributed by atoms with Crippen LogP contribution in [0.15, 0.2) is 60.0 Å². The van der Waals surface area contributed by atoms with Gasteiger partial charge < -0.3 is 20.1 Å². The van der Waals surface area contributed by atoms with Crippen LogP contribution in [0.1, 0.15) is 18.1 Å². The molecule has 3 aromatic rings. The summed E-state index contributed by atoms with van der Waals surface area (Å²) in [6, 6.07) is 11.7. The van der Waals surface area contributed by atoms with Crippen LogP contribution in [0.4, 0.5) is 0 Å². The Labute approximate surface area is 186 Å². The Morgan fingerprint density at radius 3 is 2.83 bits per heavy atom. The van der Waals surface area contributed by atoms with Gasteiger partial charge in [0.15, 0.2) is 23.3 Å². The Kier molecular flexibility index (Phi) is 7.28. The highest BCUT2D eigenvalue weighted by Gasteiger charge is 2.13. The summed E-state index contributed by atoms with van der Waals surface area (Å²) in [4.78, 5) is 9.02. The summed E-state index contributed by atoms with van der Waals surface area (Å²) >= 11 is 0. The average molecular weight is 506 g/mol. The third-order valence-corrected chi connectivity index (χ3v) is 4.21. The molecule has 0 spiro atoms. The van der Waals surface area contributed by atoms with E-state index in [1.165, 1.54) is 0 Å². The zero-order chi connectivity index (χ0) is 19.2. The molecule has 2 N–H and O–H groups in total. The van der Waals surface area contributed by atoms with E-state index in [0.29, 0.717) is 13.1 Å². The largest absolute Gasteiger partial charge is 0.454 e. The first-order valence-electron chi connectivity index (χ1n) is 9.17. The zero-order valence-electron chi connectivity index (χ0n) is 16.0. The fourth-order valence-electron chi connectivity index (χ4n) is 2.84. The van der Waals surface area contributed by atoms with Crippen molar-refractivity contribution < 1.29 is 9.47 Å². The van der Waals surface area contributed by atoms with Gasteiger partial charge in [0.25, 0.3) is 0 Å². The molecule has 29 heavy (non-hydrogen) atoms. The van der Waals surface area contributed by atoms with Gasteiger partial charge in [0, 0.05) is 31.7 Å². The molecule has 0 fully saturated rings. The van der Waals surface area contributed by atoms with Crippen LogP contribution < -0.4 is 20.1 Å². The minimum Gasteiger partial charge on any atom is -0.454 e. The number of guanidine groups is 1. The van der Waals surface area contributed by atoms with Gasteiger partial charge in [-0.15, -0.1) is 24.0 Å². The van der Waals surface area contributed by atoms with E-state index in [2.05, 4.69) is 25.7 Å². The topological polar surface area (TPSA) is 85.6 Å². The first kappa shape index (κ1) is 20.9. The molecule has 1 aliphatic rings. The molecule has 8 nitrogen and oxygen atoms in total. The predicted octanol–water partition coefficient (Wildman–Crippen LogP) is 2.87. The number of fused-ring (bicyclic) bond motifs is 1. The third kappa shape index (κ3) is 5.37. The number of aromatic nitrogens is 3. The summed E-state index contributed by atoms with van der Waals surface area (Å²) in [5.74, 6) is 3.08. The lowest BCUT2D eigenvalue weighted by Gasteiger charge is -2.12. The Balaban J connectivity index is 0.00000240. The zero-order valence-corrected chi connectivity index (χ0v) is 18.4. The highest BCUT2D eigenvalue weighted by molar-refractivity contribution is 14.0. The third-order valence-electron chi connectivity index (χ3n) is 4.21. The molecule has 9 heteroatoms. The minimum absolute atomic E-state index is 0. The number of halogens is 1. The van der Waals surface area contributed by atoms with Gasteiger partial charge in [0.1, 0.15) is 0 Å². The highest BCUT2D eigenvalue weighted by Crippen LogP contribution is 2.32. The number of rotatable bonds is 6. The number of pyridine rings is 1. The average Bonchev–Trinajstić information content (AvgIpc) is 3.42. The van der Waals surface area contributed by atoms with Crippen molar-refractivity contribution in [3.8, 4) is 17.3 Å². The number of benzene rings is 1. The maximum Gasteiger partial charge on any atom is 0.231 e. The van der Waals surface area contributed by atoms with Gasteiger partial charge in [-0.1, -0.05) is 6.07 Å². The summed E-state index contributed by atoms with van der Waals surface area (Å²) in [5.41, 5.74) is 2.15. The predicted molar refractivity (Wildman–Crippen MR) is 121 cm³/mol. The van der Waals surface area contributed by atoms with E-state index in [-0.39, 0.29) is 30.8 Å². The van der Waals surface area contributed by atoms with Crippen molar-refractivity contribution in [1.29, 1.82) is 0 Å². The second-order valence-electron chi connectivity index (χ2n) is 6.21. The lowest BCUT2D eigenvalue weighted by Crippen LogP contribution is -2.36. The number of hydrogen-bond acceptors (Lipinski definition) is 5. The second-order valence-corrected chi connectivity index (χ2v) is 6.21. The fraction of sp³-hybridized carbons (Fsp3) is 0.250. The standard InChI is InChI=1S/C20H22N6O2.HI/c1-2-21-20(23-12-15-4-5-17-18(10-15)28-14-27-17)24-13-16-6-8-22-19(11-16)26-9-3-7-25-26;/h3-11H,2,12-14H2,1H3,(H2,21,23,24);1H. The summed E-state index contributed by atoms with van der Waals surface area (Å²) in [6.07, 6.45) is 5.39. The van der Waals surface area contributed by atoms with Crippen molar-refractivity contribution in [1.82, 2.24) is 25.4 Å². The van der Waals surface area contributed by atoms with Gasteiger partial charge in [-0.25, -0.2) is 14.7 Å². The molecule has 3 heterocycles. The first-order chi connectivity index (χ1) is 13.8. The number of ether oxygens (including phenoxy) is 2. The van der Waals surface area contributed by atoms with E-state index in [1.54, 1.807) is 17.1 Å². The van der Waals surface area contributed by atoms with Crippen LogP contribution in [-0.4, -0.2) is 34.1 Å². The van der Waals surface area contributed by atoms with Crippen LogP contribution in [0, 0.1) is 0 Å². The molecule has 1 aliphatic heterocycles. The van der Waals surface area contributed by atoms with Crippen LogP contribution in [0.3, 0.4) is 0 Å². The molecule has 0 saturated heterocycles. The van der Waals surface area contributed by atoms with E-state index in [4.69, 9.17) is 9.47 Å². The monoisotopic (exact) mass is 506 g/mol. The van der Waals surface area contributed by atoms with E-state index in [1.807, 2.05) is 49.5 Å². The minimum atomic E-state index is 0. The SMILES string of the molecule is CCNC(=NCc1ccc2c(c1)OCO2)NCc1ccnc(-n2cccn2)c1.I. The second kappa shape index (κ2) is 10.1. The quantitative estimate of drug-likeness (QED) is 0.304. The van der Waals surface area contributed by atoms with Gasteiger partial charge >= 0.3 is 0 Å². The molecule has 0 bridgehead atoms. The van der Waals surface area contributed by atoms with Gasteiger partial charge in [0.2, 0.25) is 6.79 Å². The Hall–Kier alpha value is -2.82. The van der Waals surface area contributed by atoms with Crippen LogP contribution in [0.25, 0.3) is 5.82 Å². The molecule has 152 valence electrons. The van der Waals surface area contributed by atoms with Crippen molar-refractivity contribution in [3.63, 3.8) is 0 Å². The van der Waals surface area contributed by atoms with Gasteiger partial charge in [-0.2, -0.15) is 5.10 Å². The molecule has 0 radical (unpaired) electrons. The summed E-state index contributed by atoms with van der Waals surface area (Å²) in [7, 11) is 0. The number of aliphatic imine (C=N–C) groups is 1. The number of nitrogens with zero attached hydrogens (tertiary/aromatic N) is 4. The van der Waals surface area contributed by atoms with Crippen molar-refractivity contribution in [2.45, 2.75) is 20.0 Å². The lowest BCUT2D eigenvalue weighted by molar-refractivity contribution is 0.174. The van der Waals surface area contributed by atoms with Crippen molar-refractivity contribution in [3.05, 3.63) is 66.1 Å². The Bertz CT molecular complexity index is 961.